The first-order chi connectivity index (χ1) is 11.0. The van der Waals surface area contributed by atoms with E-state index >= 15 is 0 Å². The molecule has 2 aromatic heterocycles. The number of halogens is 3. The van der Waals surface area contributed by atoms with Gasteiger partial charge in [0.25, 0.3) is 0 Å². The van der Waals surface area contributed by atoms with Crippen LogP contribution < -0.4 is 5.32 Å². The predicted octanol–water partition coefficient (Wildman–Crippen LogP) is 3.91. The number of amides is 1. The van der Waals surface area contributed by atoms with Crippen molar-refractivity contribution in [2.75, 3.05) is 11.1 Å². The van der Waals surface area contributed by atoms with Crippen LogP contribution in [0.15, 0.2) is 41.7 Å². The molecule has 9 heteroatoms. The first kappa shape index (κ1) is 16.0. The standard InChI is InChI=1S/C14H9Cl2FN4OS/c15-8-4-11(16)13-19-20-14(21(13)6-8)23-7-12(22)18-10-3-1-2-9(17)5-10/h1-6H,7H2,(H,18,22). The Morgan fingerprint density at radius 3 is 2.91 bits per heavy atom. The molecule has 0 bridgehead atoms. The number of rotatable bonds is 4. The van der Waals surface area contributed by atoms with Gasteiger partial charge in [-0.2, -0.15) is 0 Å². The summed E-state index contributed by atoms with van der Waals surface area (Å²) in [6, 6.07) is 7.25. The predicted molar refractivity (Wildman–Crippen MR) is 88.8 cm³/mol. The van der Waals surface area contributed by atoms with E-state index < -0.39 is 5.82 Å². The van der Waals surface area contributed by atoms with E-state index in [0.29, 0.717) is 26.5 Å². The van der Waals surface area contributed by atoms with Gasteiger partial charge in [0.15, 0.2) is 10.8 Å². The van der Waals surface area contributed by atoms with Crippen LogP contribution in [-0.4, -0.2) is 26.3 Å². The van der Waals surface area contributed by atoms with Crippen molar-refractivity contribution < 1.29 is 9.18 Å². The van der Waals surface area contributed by atoms with E-state index in [1.807, 2.05) is 0 Å². The minimum absolute atomic E-state index is 0.0848. The number of aromatic nitrogens is 3. The van der Waals surface area contributed by atoms with Crippen LogP contribution in [0.25, 0.3) is 5.65 Å². The minimum atomic E-state index is -0.414. The maximum atomic E-state index is 13.1. The average molecular weight is 371 g/mol. The molecule has 23 heavy (non-hydrogen) atoms. The van der Waals surface area contributed by atoms with Crippen molar-refractivity contribution >= 4 is 52.2 Å². The Morgan fingerprint density at radius 2 is 2.13 bits per heavy atom. The Hall–Kier alpha value is -1.83. The van der Waals surface area contributed by atoms with Gasteiger partial charge in [-0.15, -0.1) is 10.2 Å². The Morgan fingerprint density at radius 1 is 1.30 bits per heavy atom. The van der Waals surface area contributed by atoms with E-state index in [2.05, 4.69) is 15.5 Å². The summed E-state index contributed by atoms with van der Waals surface area (Å²) in [5, 5.41) is 11.8. The molecule has 2 heterocycles. The Labute approximate surface area is 144 Å². The van der Waals surface area contributed by atoms with E-state index in [1.54, 1.807) is 22.7 Å². The maximum absolute atomic E-state index is 13.1. The largest absolute Gasteiger partial charge is 0.325 e. The number of hydrogen-bond acceptors (Lipinski definition) is 4. The van der Waals surface area contributed by atoms with Crippen LogP contribution in [-0.2, 0) is 4.79 Å². The summed E-state index contributed by atoms with van der Waals surface area (Å²) in [6.07, 6.45) is 1.62. The topological polar surface area (TPSA) is 59.3 Å². The van der Waals surface area contributed by atoms with Gasteiger partial charge in [0.05, 0.1) is 15.8 Å². The fourth-order valence-corrected chi connectivity index (χ4v) is 3.11. The number of anilines is 1. The quantitative estimate of drug-likeness (QED) is 0.707. The first-order valence-electron chi connectivity index (χ1n) is 6.41. The number of nitrogens with zero attached hydrogens (tertiary/aromatic N) is 3. The van der Waals surface area contributed by atoms with E-state index in [9.17, 15) is 9.18 Å². The van der Waals surface area contributed by atoms with Gasteiger partial charge >= 0.3 is 0 Å². The molecule has 0 saturated heterocycles. The maximum Gasteiger partial charge on any atom is 0.234 e. The minimum Gasteiger partial charge on any atom is -0.325 e. The van der Waals surface area contributed by atoms with E-state index in [1.165, 1.54) is 30.0 Å². The molecule has 0 fully saturated rings. The third-order valence-electron chi connectivity index (χ3n) is 2.84. The second-order valence-electron chi connectivity index (χ2n) is 4.53. The van der Waals surface area contributed by atoms with Gasteiger partial charge in [0.1, 0.15) is 5.82 Å². The van der Waals surface area contributed by atoms with Gasteiger partial charge < -0.3 is 5.32 Å². The second kappa shape index (κ2) is 6.74. The number of carbonyl (C=O) groups excluding carboxylic acids is 1. The molecule has 0 spiro atoms. The molecule has 0 saturated carbocycles. The van der Waals surface area contributed by atoms with Crippen LogP contribution in [0, 0.1) is 5.82 Å². The van der Waals surface area contributed by atoms with E-state index in [0.717, 1.165) is 0 Å². The fraction of sp³-hybridized carbons (Fsp3) is 0.0714. The number of pyridine rings is 1. The zero-order chi connectivity index (χ0) is 16.4. The van der Waals surface area contributed by atoms with Gasteiger partial charge in [0.2, 0.25) is 5.91 Å². The summed E-state index contributed by atoms with van der Waals surface area (Å²) in [5.41, 5.74) is 0.858. The fourth-order valence-electron chi connectivity index (χ4n) is 1.89. The van der Waals surface area contributed by atoms with Crippen molar-refractivity contribution in [2.24, 2.45) is 0 Å². The van der Waals surface area contributed by atoms with Gasteiger partial charge in [-0.3, -0.25) is 9.20 Å². The summed E-state index contributed by atoms with van der Waals surface area (Å²) in [7, 11) is 0. The normalized spacial score (nSPS) is 10.9. The van der Waals surface area contributed by atoms with Crippen LogP contribution in [0.3, 0.4) is 0 Å². The zero-order valence-electron chi connectivity index (χ0n) is 11.5. The lowest BCUT2D eigenvalue weighted by Crippen LogP contribution is -2.14. The first-order valence-corrected chi connectivity index (χ1v) is 8.15. The van der Waals surface area contributed by atoms with Gasteiger partial charge in [-0.05, 0) is 24.3 Å². The highest BCUT2D eigenvalue weighted by molar-refractivity contribution is 7.99. The van der Waals surface area contributed by atoms with Crippen LogP contribution in [0.1, 0.15) is 0 Å². The van der Waals surface area contributed by atoms with Crippen molar-refractivity contribution in [3.63, 3.8) is 0 Å². The number of thioether (sulfide) groups is 1. The third kappa shape index (κ3) is 3.74. The van der Waals surface area contributed by atoms with Crippen molar-refractivity contribution in [3.05, 3.63) is 52.4 Å². The molecule has 0 aliphatic heterocycles. The average Bonchev–Trinajstić information content (AvgIpc) is 2.88. The van der Waals surface area contributed by atoms with E-state index in [4.69, 9.17) is 23.2 Å². The SMILES string of the molecule is O=C(CSc1nnc2c(Cl)cc(Cl)cn12)Nc1cccc(F)c1. The monoisotopic (exact) mass is 370 g/mol. The number of fused-ring (bicyclic) bond motifs is 1. The van der Waals surface area contributed by atoms with Gasteiger partial charge in [-0.1, -0.05) is 41.0 Å². The Kier molecular flexibility index (Phi) is 4.70. The second-order valence-corrected chi connectivity index (χ2v) is 6.32. The number of carbonyl (C=O) groups is 1. The zero-order valence-corrected chi connectivity index (χ0v) is 13.8. The summed E-state index contributed by atoms with van der Waals surface area (Å²) >= 11 is 13.2. The highest BCUT2D eigenvalue weighted by Gasteiger charge is 2.12. The molecule has 118 valence electrons. The molecule has 1 aromatic carbocycles. The number of hydrogen-bond donors (Lipinski definition) is 1. The van der Waals surface area contributed by atoms with Gasteiger partial charge in [0, 0.05) is 11.9 Å². The van der Waals surface area contributed by atoms with Crippen LogP contribution in [0.2, 0.25) is 10.0 Å². The summed E-state index contributed by atoms with van der Waals surface area (Å²) in [5.74, 6) is -0.616. The van der Waals surface area contributed by atoms with Crippen LogP contribution in [0.5, 0.6) is 0 Å². The molecule has 0 aliphatic carbocycles. The molecule has 0 unspecified atom stereocenters. The number of benzene rings is 1. The van der Waals surface area contributed by atoms with E-state index in [-0.39, 0.29) is 11.7 Å². The summed E-state index contributed by atoms with van der Waals surface area (Å²) in [6.45, 7) is 0. The lowest BCUT2D eigenvalue weighted by molar-refractivity contribution is -0.113. The molecular weight excluding hydrogens is 362 g/mol. The summed E-state index contributed by atoms with van der Waals surface area (Å²) < 4.78 is 14.7. The molecular formula is C14H9Cl2FN4OS. The molecule has 3 rings (SSSR count). The smallest absolute Gasteiger partial charge is 0.234 e. The van der Waals surface area contributed by atoms with Crippen LogP contribution in [0.4, 0.5) is 10.1 Å². The molecule has 0 radical (unpaired) electrons. The van der Waals surface area contributed by atoms with Crippen molar-refractivity contribution in [1.29, 1.82) is 0 Å². The molecule has 1 amide bonds. The van der Waals surface area contributed by atoms with Crippen molar-refractivity contribution in [3.8, 4) is 0 Å². The van der Waals surface area contributed by atoms with Crippen LogP contribution >= 0.6 is 35.0 Å². The van der Waals surface area contributed by atoms with Crippen molar-refractivity contribution in [2.45, 2.75) is 5.16 Å². The highest BCUT2D eigenvalue weighted by atomic mass is 35.5. The highest BCUT2D eigenvalue weighted by Crippen LogP contribution is 2.25. The molecule has 5 nitrogen and oxygen atoms in total. The molecule has 3 aromatic rings. The molecule has 0 atom stereocenters. The molecule has 0 aliphatic rings. The van der Waals surface area contributed by atoms with Gasteiger partial charge in [-0.25, -0.2) is 4.39 Å². The molecule has 1 N–H and O–H groups in total. The van der Waals surface area contributed by atoms with Crippen molar-refractivity contribution in [1.82, 2.24) is 14.6 Å². The lowest BCUT2D eigenvalue weighted by atomic mass is 10.3. The lowest BCUT2D eigenvalue weighted by Gasteiger charge is -2.05. The Balaban J connectivity index is 1.70. The third-order valence-corrected chi connectivity index (χ3v) is 4.26. The Bertz CT molecular complexity index is 886. The number of nitrogens with one attached hydrogen (secondary N) is 1. The summed E-state index contributed by atoms with van der Waals surface area (Å²) in [4.78, 5) is 11.9.